The molecule has 5 nitrogen and oxygen atoms in total. The molecule has 8 heteroatoms. The minimum atomic E-state index is -4.17. The lowest BCUT2D eigenvalue weighted by Gasteiger charge is -2.34. The number of rotatable bonds is 4. The van der Waals surface area contributed by atoms with E-state index in [-0.39, 0.29) is 18.6 Å². The molecule has 2 amide bonds. The fraction of sp³-hybridized carbons (Fsp3) is 0.933. The van der Waals surface area contributed by atoms with Crippen LogP contribution < -0.4 is 10.6 Å². The Morgan fingerprint density at radius 1 is 1.17 bits per heavy atom. The van der Waals surface area contributed by atoms with Gasteiger partial charge in [0.2, 0.25) is 0 Å². The van der Waals surface area contributed by atoms with Crippen molar-refractivity contribution in [2.75, 3.05) is 26.2 Å². The predicted molar refractivity (Wildman–Crippen MR) is 80.1 cm³/mol. The third-order valence-electron chi connectivity index (χ3n) is 4.69. The summed E-state index contributed by atoms with van der Waals surface area (Å²) in [6, 6.07) is -0.459. The summed E-state index contributed by atoms with van der Waals surface area (Å²) in [5.41, 5.74) is -0.814. The van der Waals surface area contributed by atoms with Crippen LogP contribution in [0, 0.1) is 0 Å². The molecule has 23 heavy (non-hydrogen) atoms. The van der Waals surface area contributed by atoms with Crippen molar-refractivity contribution in [1.29, 1.82) is 0 Å². The molecule has 1 aliphatic carbocycles. The molecule has 0 radical (unpaired) electrons. The van der Waals surface area contributed by atoms with Crippen molar-refractivity contribution in [3.8, 4) is 0 Å². The number of aliphatic hydroxyl groups is 1. The van der Waals surface area contributed by atoms with Gasteiger partial charge >= 0.3 is 12.2 Å². The summed E-state index contributed by atoms with van der Waals surface area (Å²) >= 11 is 0. The van der Waals surface area contributed by atoms with Crippen LogP contribution in [0.5, 0.6) is 0 Å². The van der Waals surface area contributed by atoms with Gasteiger partial charge in [-0.15, -0.1) is 0 Å². The minimum Gasteiger partial charge on any atom is -0.388 e. The van der Waals surface area contributed by atoms with E-state index in [0.717, 1.165) is 19.3 Å². The lowest BCUT2D eigenvalue weighted by Crippen LogP contribution is -2.52. The number of amides is 2. The van der Waals surface area contributed by atoms with Crippen LogP contribution in [0.25, 0.3) is 0 Å². The van der Waals surface area contributed by atoms with E-state index in [9.17, 15) is 23.1 Å². The third kappa shape index (κ3) is 6.55. The summed E-state index contributed by atoms with van der Waals surface area (Å²) in [5, 5.41) is 15.8. The maximum Gasteiger partial charge on any atom is 0.401 e. The van der Waals surface area contributed by atoms with E-state index in [1.54, 1.807) is 0 Å². The number of likely N-dealkylation sites (tertiary alicyclic amines) is 1. The number of alkyl halides is 3. The summed E-state index contributed by atoms with van der Waals surface area (Å²) in [6.07, 6.45) is 1.29. The highest BCUT2D eigenvalue weighted by atomic mass is 19.4. The van der Waals surface area contributed by atoms with Crippen LogP contribution in [0.3, 0.4) is 0 Å². The van der Waals surface area contributed by atoms with Gasteiger partial charge in [0.1, 0.15) is 0 Å². The molecular formula is C15H26F3N3O2. The molecule has 1 saturated heterocycles. The van der Waals surface area contributed by atoms with Crippen molar-refractivity contribution in [2.24, 2.45) is 0 Å². The Labute approximate surface area is 134 Å². The highest BCUT2D eigenvalue weighted by Gasteiger charge is 2.33. The molecule has 0 aromatic rings. The Bertz CT molecular complexity index is 390. The summed E-state index contributed by atoms with van der Waals surface area (Å²) in [5.74, 6) is 0. The number of carbonyl (C=O) groups excluding carboxylic acids is 1. The zero-order chi connectivity index (χ0) is 16.9. The molecule has 3 N–H and O–H groups in total. The van der Waals surface area contributed by atoms with Gasteiger partial charge in [-0.2, -0.15) is 13.2 Å². The number of nitrogens with zero attached hydrogens (tertiary/aromatic N) is 1. The number of piperidine rings is 1. The van der Waals surface area contributed by atoms with Crippen molar-refractivity contribution in [1.82, 2.24) is 15.5 Å². The minimum absolute atomic E-state index is 0.111. The first-order valence-electron chi connectivity index (χ1n) is 8.32. The van der Waals surface area contributed by atoms with Crippen molar-refractivity contribution >= 4 is 6.03 Å². The molecule has 0 unspecified atom stereocenters. The van der Waals surface area contributed by atoms with Crippen LogP contribution in [-0.2, 0) is 0 Å². The van der Waals surface area contributed by atoms with Gasteiger partial charge in [-0.1, -0.05) is 19.3 Å². The molecule has 2 aliphatic rings. The van der Waals surface area contributed by atoms with Crippen LogP contribution in [-0.4, -0.2) is 60.0 Å². The van der Waals surface area contributed by atoms with E-state index in [1.165, 1.54) is 4.90 Å². The normalized spacial score (nSPS) is 23.5. The first-order valence-corrected chi connectivity index (χ1v) is 8.32. The molecule has 2 fully saturated rings. The van der Waals surface area contributed by atoms with E-state index in [4.69, 9.17) is 0 Å². The number of carbonyl (C=O) groups is 1. The van der Waals surface area contributed by atoms with Crippen molar-refractivity contribution < 1.29 is 23.1 Å². The van der Waals surface area contributed by atoms with E-state index in [0.29, 0.717) is 38.8 Å². The van der Waals surface area contributed by atoms with Gasteiger partial charge in [-0.05, 0) is 25.7 Å². The zero-order valence-corrected chi connectivity index (χ0v) is 13.3. The SMILES string of the molecule is O=C(NCC1(O)CCCCC1)NC1CCN(CC(F)(F)F)CC1. The Balaban J connectivity index is 1.64. The van der Waals surface area contributed by atoms with Gasteiger partial charge in [0, 0.05) is 25.7 Å². The average molecular weight is 337 g/mol. The lowest BCUT2D eigenvalue weighted by atomic mass is 9.85. The Morgan fingerprint density at radius 2 is 1.78 bits per heavy atom. The number of hydrogen-bond donors (Lipinski definition) is 3. The maximum absolute atomic E-state index is 12.3. The van der Waals surface area contributed by atoms with Crippen LogP contribution in [0.15, 0.2) is 0 Å². The van der Waals surface area contributed by atoms with Gasteiger partial charge in [-0.25, -0.2) is 4.79 Å². The molecule has 0 aromatic carbocycles. The maximum atomic E-state index is 12.3. The summed E-state index contributed by atoms with van der Waals surface area (Å²) < 4.78 is 36.9. The molecule has 1 saturated carbocycles. The molecular weight excluding hydrogens is 311 g/mol. The highest BCUT2D eigenvalue weighted by Crippen LogP contribution is 2.27. The summed E-state index contributed by atoms with van der Waals surface area (Å²) in [6.45, 7) is -0.00646. The molecule has 0 bridgehead atoms. The molecule has 0 aromatic heterocycles. The monoisotopic (exact) mass is 337 g/mol. The van der Waals surface area contributed by atoms with E-state index in [2.05, 4.69) is 10.6 Å². The van der Waals surface area contributed by atoms with Gasteiger partial charge in [-0.3, -0.25) is 4.90 Å². The number of urea groups is 1. The van der Waals surface area contributed by atoms with Gasteiger partial charge < -0.3 is 15.7 Å². The van der Waals surface area contributed by atoms with E-state index < -0.39 is 18.3 Å². The second-order valence-electron chi connectivity index (χ2n) is 6.78. The second-order valence-corrected chi connectivity index (χ2v) is 6.78. The Kier molecular flexibility index (Phi) is 6.13. The number of halogens is 3. The molecule has 2 rings (SSSR count). The Hall–Kier alpha value is -1.02. The van der Waals surface area contributed by atoms with Crippen LogP contribution >= 0.6 is 0 Å². The predicted octanol–water partition coefficient (Wildman–Crippen LogP) is 2.01. The summed E-state index contributed by atoms with van der Waals surface area (Å²) in [4.78, 5) is 13.2. The Morgan fingerprint density at radius 3 is 2.35 bits per heavy atom. The molecule has 0 atom stereocenters. The lowest BCUT2D eigenvalue weighted by molar-refractivity contribution is -0.148. The van der Waals surface area contributed by atoms with Gasteiger partial charge in [0.15, 0.2) is 0 Å². The van der Waals surface area contributed by atoms with Gasteiger partial charge in [0.25, 0.3) is 0 Å². The first-order chi connectivity index (χ1) is 10.8. The largest absolute Gasteiger partial charge is 0.401 e. The van der Waals surface area contributed by atoms with E-state index >= 15 is 0 Å². The van der Waals surface area contributed by atoms with Crippen LogP contribution in [0.2, 0.25) is 0 Å². The fourth-order valence-electron chi connectivity index (χ4n) is 3.36. The van der Waals surface area contributed by atoms with Crippen LogP contribution in [0.4, 0.5) is 18.0 Å². The van der Waals surface area contributed by atoms with Crippen molar-refractivity contribution in [3.05, 3.63) is 0 Å². The smallest absolute Gasteiger partial charge is 0.388 e. The number of nitrogens with one attached hydrogen (secondary N) is 2. The quantitative estimate of drug-likeness (QED) is 0.735. The van der Waals surface area contributed by atoms with Crippen molar-refractivity contribution in [3.63, 3.8) is 0 Å². The zero-order valence-electron chi connectivity index (χ0n) is 13.3. The fourth-order valence-corrected chi connectivity index (χ4v) is 3.36. The number of hydrogen-bond acceptors (Lipinski definition) is 3. The summed E-state index contributed by atoms with van der Waals surface area (Å²) in [7, 11) is 0. The van der Waals surface area contributed by atoms with Crippen molar-refractivity contribution in [2.45, 2.75) is 62.8 Å². The average Bonchev–Trinajstić information content (AvgIpc) is 2.47. The van der Waals surface area contributed by atoms with E-state index in [1.807, 2.05) is 0 Å². The third-order valence-corrected chi connectivity index (χ3v) is 4.69. The second kappa shape index (κ2) is 7.70. The standard InChI is InChI=1S/C15H26F3N3O2/c16-15(17,18)11-21-8-4-12(5-9-21)20-13(22)19-10-14(23)6-2-1-3-7-14/h12,23H,1-11H2,(H2,19,20,22). The molecule has 1 aliphatic heterocycles. The molecule has 134 valence electrons. The highest BCUT2D eigenvalue weighted by molar-refractivity contribution is 5.74. The topological polar surface area (TPSA) is 64.6 Å². The molecule has 0 spiro atoms. The van der Waals surface area contributed by atoms with Crippen LogP contribution in [0.1, 0.15) is 44.9 Å². The molecule has 1 heterocycles. The first kappa shape index (κ1) is 18.3. The van der Waals surface area contributed by atoms with Gasteiger partial charge in [0.05, 0.1) is 12.1 Å².